The molecule has 172 valence electrons. The number of aromatic nitrogens is 1. The van der Waals surface area contributed by atoms with E-state index < -0.39 is 28.4 Å². The number of hydrogen-bond acceptors (Lipinski definition) is 6. The van der Waals surface area contributed by atoms with Gasteiger partial charge in [-0.15, -0.1) is 0 Å². The third kappa shape index (κ3) is 4.05. The molecule has 1 aliphatic rings. The van der Waals surface area contributed by atoms with Gasteiger partial charge in [-0.05, 0) is 34.7 Å². The van der Waals surface area contributed by atoms with Gasteiger partial charge in [0.1, 0.15) is 5.76 Å². The molecule has 1 saturated heterocycles. The van der Waals surface area contributed by atoms with Crippen molar-refractivity contribution in [3.8, 4) is 0 Å². The minimum Gasteiger partial charge on any atom is -0.507 e. The number of nitrogens with zero attached hydrogens (tertiary/aromatic N) is 3. The van der Waals surface area contributed by atoms with E-state index in [4.69, 9.17) is 0 Å². The summed E-state index contributed by atoms with van der Waals surface area (Å²) in [5.41, 5.74) is 1.65. The van der Waals surface area contributed by atoms with Crippen molar-refractivity contribution in [2.24, 2.45) is 0 Å². The molecule has 0 spiro atoms. The molecule has 1 unspecified atom stereocenters. The number of aliphatic hydroxyl groups excluding tert-OH is 1. The van der Waals surface area contributed by atoms with Gasteiger partial charge in [0.2, 0.25) is 0 Å². The van der Waals surface area contributed by atoms with Gasteiger partial charge in [-0.25, -0.2) is 0 Å². The van der Waals surface area contributed by atoms with Crippen LogP contribution in [0.2, 0.25) is 0 Å². The minimum absolute atomic E-state index is 0.0733. The van der Waals surface area contributed by atoms with Crippen molar-refractivity contribution >= 4 is 28.8 Å². The number of Topliss-reactive ketones (excluding diaryl/α,β-unsaturated/α-hetero) is 1. The lowest BCUT2D eigenvalue weighted by Crippen LogP contribution is -2.29. The molecule has 1 fully saturated rings. The summed E-state index contributed by atoms with van der Waals surface area (Å²) in [7, 11) is 0. The Balaban J connectivity index is 1.90. The van der Waals surface area contributed by atoms with E-state index >= 15 is 0 Å². The van der Waals surface area contributed by atoms with E-state index in [0.717, 1.165) is 5.56 Å². The molecule has 34 heavy (non-hydrogen) atoms. The summed E-state index contributed by atoms with van der Waals surface area (Å²) in [6, 6.07) is 15.1. The summed E-state index contributed by atoms with van der Waals surface area (Å²) in [5.74, 6) is -2.16. The summed E-state index contributed by atoms with van der Waals surface area (Å²) >= 11 is 0. The van der Waals surface area contributed by atoms with Crippen molar-refractivity contribution in [1.82, 2.24) is 4.98 Å². The zero-order chi connectivity index (χ0) is 24.6. The fourth-order valence-electron chi connectivity index (χ4n) is 4.00. The van der Waals surface area contributed by atoms with Crippen LogP contribution in [0.5, 0.6) is 0 Å². The van der Waals surface area contributed by atoms with Gasteiger partial charge in [0.15, 0.2) is 0 Å². The maximum Gasteiger partial charge on any atom is 0.300 e. The van der Waals surface area contributed by atoms with E-state index in [1.807, 2.05) is 12.1 Å². The maximum absolute atomic E-state index is 13.2. The predicted octanol–water partition coefficient (Wildman–Crippen LogP) is 4.91. The third-order valence-electron chi connectivity index (χ3n) is 5.79. The molecule has 8 nitrogen and oxygen atoms in total. The number of amides is 1. The SMILES string of the molecule is CC(C)(C)c1ccc(N2C(=O)C(=O)/C(=C(\O)c3cccc([N+](=O)[O-])c3)C2c2cccnc2)cc1. The monoisotopic (exact) mass is 457 g/mol. The van der Waals surface area contributed by atoms with Gasteiger partial charge in [0.25, 0.3) is 17.4 Å². The highest BCUT2D eigenvalue weighted by Gasteiger charge is 2.47. The van der Waals surface area contributed by atoms with Gasteiger partial charge in [-0.2, -0.15) is 0 Å². The second kappa shape index (κ2) is 8.55. The summed E-state index contributed by atoms with van der Waals surface area (Å²) in [6.45, 7) is 6.22. The standard InChI is InChI=1S/C26H23N3O5/c1-26(2,3)18-9-11-19(12-10-18)28-22(17-7-5-13-27-15-17)21(24(31)25(28)32)23(30)16-6-4-8-20(14-16)29(33)34/h4-15,22,30H,1-3H3/b23-21-. The van der Waals surface area contributed by atoms with E-state index in [-0.39, 0.29) is 22.2 Å². The normalized spacial score (nSPS) is 17.7. The molecule has 4 rings (SSSR count). The van der Waals surface area contributed by atoms with Gasteiger partial charge in [0.05, 0.1) is 16.5 Å². The predicted molar refractivity (Wildman–Crippen MR) is 127 cm³/mol. The third-order valence-corrected chi connectivity index (χ3v) is 5.79. The molecular formula is C26H23N3O5. The van der Waals surface area contributed by atoms with Crippen LogP contribution in [-0.2, 0) is 15.0 Å². The lowest BCUT2D eigenvalue weighted by Gasteiger charge is -2.26. The largest absolute Gasteiger partial charge is 0.507 e. The van der Waals surface area contributed by atoms with Crippen LogP contribution >= 0.6 is 0 Å². The fourth-order valence-corrected chi connectivity index (χ4v) is 4.00. The lowest BCUT2D eigenvalue weighted by atomic mass is 9.87. The number of non-ortho nitro benzene ring substituents is 1. The molecule has 1 aliphatic heterocycles. The molecule has 0 radical (unpaired) electrons. The summed E-state index contributed by atoms with van der Waals surface area (Å²) < 4.78 is 0. The van der Waals surface area contributed by atoms with E-state index in [1.54, 1.807) is 30.5 Å². The second-order valence-electron chi connectivity index (χ2n) is 9.06. The smallest absolute Gasteiger partial charge is 0.300 e. The Morgan fingerprint density at radius 1 is 1.06 bits per heavy atom. The number of carbonyl (C=O) groups excluding carboxylic acids is 2. The number of ketones is 1. The van der Waals surface area contributed by atoms with Crippen LogP contribution in [0.15, 0.2) is 78.6 Å². The topological polar surface area (TPSA) is 114 Å². The number of benzene rings is 2. The van der Waals surface area contributed by atoms with Crippen LogP contribution in [0, 0.1) is 10.1 Å². The number of carbonyl (C=O) groups is 2. The Kier molecular flexibility index (Phi) is 5.75. The second-order valence-corrected chi connectivity index (χ2v) is 9.06. The van der Waals surface area contributed by atoms with Crippen LogP contribution in [0.1, 0.15) is 43.5 Å². The first kappa shape index (κ1) is 22.8. The van der Waals surface area contributed by atoms with Crippen molar-refractivity contribution in [2.45, 2.75) is 32.2 Å². The maximum atomic E-state index is 13.2. The van der Waals surface area contributed by atoms with Crippen molar-refractivity contribution in [3.05, 3.63) is 105 Å². The van der Waals surface area contributed by atoms with Crippen LogP contribution in [0.4, 0.5) is 11.4 Å². The molecule has 2 aromatic carbocycles. The van der Waals surface area contributed by atoms with Crippen LogP contribution in [0.3, 0.4) is 0 Å². The molecule has 1 amide bonds. The number of rotatable bonds is 4. The average molecular weight is 457 g/mol. The molecule has 0 saturated carbocycles. The van der Waals surface area contributed by atoms with E-state index in [2.05, 4.69) is 25.8 Å². The Labute approximate surface area is 196 Å². The van der Waals surface area contributed by atoms with Crippen LogP contribution < -0.4 is 4.90 Å². The highest BCUT2D eigenvalue weighted by atomic mass is 16.6. The number of aliphatic hydroxyl groups is 1. The number of hydrogen-bond donors (Lipinski definition) is 1. The van der Waals surface area contributed by atoms with E-state index in [0.29, 0.717) is 11.3 Å². The Morgan fingerprint density at radius 3 is 2.35 bits per heavy atom. The molecular weight excluding hydrogens is 434 g/mol. The molecule has 1 aromatic heterocycles. The van der Waals surface area contributed by atoms with Crippen molar-refractivity contribution in [1.29, 1.82) is 0 Å². The molecule has 2 heterocycles. The Bertz CT molecular complexity index is 1310. The molecule has 1 atom stereocenters. The highest BCUT2D eigenvalue weighted by Crippen LogP contribution is 2.42. The van der Waals surface area contributed by atoms with Crippen molar-refractivity contribution in [3.63, 3.8) is 0 Å². The van der Waals surface area contributed by atoms with Gasteiger partial charge in [-0.3, -0.25) is 29.6 Å². The molecule has 1 N–H and O–H groups in total. The average Bonchev–Trinajstić information content (AvgIpc) is 3.09. The van der Waals surface area contributed by atoms with E-state index in [1.165, 1.54) is 35.4 Å². The number of anilines is 1. The summed E-state index contributed by atoms with van der Waals surface area (Å²) in [4.78, 5) is 42.4. The molecule has 8 heteroatoms. The van der Waals surface area contributed by atoms with Crippen LogP contribution in [-0.4, -0.2) is 26.7 Å². The molecule has 0 aliphatic carbocycles. The van der Waals surface area contributed by atoms with Gasteiger partial charge >= 0.3 is 0 Å². The molecule has 3 aromatic rings. The quantitative estimate of drug-likeness (QED) is 0.196. The molecule has 0 bridgehead atoms. The lowest BCUT2D eigenvalue weighted by molar-refractivity contribution is -0.384. The first-order valence-corrected chi connectivity index (χ1v) is 10.7. The fraction of sp³-hybridized carbons (Fsp3) is 0.192. The van der Waals surface area contributed by atoms with Crippen LogP contribution in [0.25, 0.3) is 5.76 Å². The summed E-state index contributed by atoms with van der Waals surface area (Å²) in [5, 5.41) is 22.3. The Morgan fingerprint density at radius 2 is 1.76 bits per heavy atom. The van der Waals surface area contributed by atoms with Gasteiger partial charge in [0, 0.05) is 35.8 Å². The van der Waals surface area contributed by atoms with Crippen molar-refractivity contribution < 1.29 is 19.6 Å². The first-order valence-electron chi connectivity index (χ1n) is 10.7. The Hall–Kier alpha value is -4.33. The van der Waals surface area contributed by atoms with E-state index in [9.17, 15) is 24.8 Å². The number of pyridine rings is 1. The number of nitro benzene ring substituents is 1. The zero-order valence-electron chi connectivity index (χ0n) is 18.9. The minimum atomic E-state index is -0.951. The van der Waals surface area contributed by atoms with Gasteiger partial charge < -0.3 is 5.11 Å². The highest BCUT2D eigenvalue weighted by molar-refractivity contribution is 6.51. The summed E-state index contributed by atoms with van der Waals surface area (Å²) in [6.07, 6.45) is 3.09. The first-order chi connectivity index (χ1) is 16.1. The zero-order valence-corrected chi connectivity index (χ0v) is 18.9. The van der Waals surface area contributed by atoms with Gasteiger partial charge in [-0.1, -0.05) is 51.1 Å². The van der Waals surface area contributed by atoms with Crippen molar-refractivity contribution in [2.75, 3.05) is 4.90 Å². The number of nitro groups is 1.